The van der Waals surface area contributed by atoms with Crippen molar-refractivity contribution < 1.29 is 0 Å². The van der Waals surface area contributed by atoms with Crippen molar-refractivity contribution >= 4 is 22.4 Å². The maximum absolute atomic E-state index is 6.00. The number of aromatic nitrogens is 1. The normalized spacial score (nSPS) is 10.9. The topological polar surface area (TPSA) is 38.9 Å². The fourth-order valence-corrected chi connectivity index (χ4v) is 2.01. The van der Waals surface area contributed by atoms with Crippen LogP contribution in [0.5, 0.6) is 0 Å². The molecule has 2 N–H and O–H groups in total. The van der Waals surface area contributed by atoms with Crippen LogP contribution in [-0.2, 0) is 6.42 Å². The van der Waals surface area contributed by atoms with Crippen molar-refractivity contribution in [3.05, 3.63) is 41.2 Å². The van der Waals surface area contributed by atoms with Crippen molar-refractivity contribution in [1.82, 2.24) is 4.98 Å². The summed E-state index contributed by atoms with van der Waals surface area (Å²) in [6, 6.07) is 7.94. The van der Waals surface area contributed by atoms with Crippen LogP contribution in [0.1, 0.15) is 18.5 Å². The predicted octanol–water partition coefficient (Wildman–Crippen LogP) is 3.17. The second kappa shape index (κ2) is 5.28. The van der Waals surface area contributed by atoms with Crippen molar-refractivity contribution in [1.29, 1.82) is 0 Å². The van der Waals surface area contributed by atoms with E-state index in [1.165, 1.54) is 5.39 Å². The van der Waals surface area contributed by atoms with Crippen molar-refractivity contribution in [3.8, 4) is 0 Å². The highest BCUT2D eigenvalue weighted by molar-refractivity contribution is 6.31. The largest absolute Gasteiger partial charge is 0.330 e. The minimum Gasteiger partial charge on any atom is -0.330 e. The van der Waals surface area contributed by atoms with Gasteiger partial charge in [-0.2, -0.15) is 0 Å². The Morgan fingerprint density at radius 2 is 2.06 bits per heavy atom. The molecule has 0 aliphatic carbocycles. The Bertz CT molecular complexity index is 482. The zero-order chi connectivity index (χ0) is 11.4. The molecule has 0 bridgehead atoms. The second-order valence-corrected chi connectivity index (χ2v) is 4.31. The van der Waals surface area contributed by atoms with Crippen LogP contribution in [0.2, 0.25) is 5.02 Å². The number of benzene rings is 1. The summed E-state index contributed by atoms with van der Waals surface area (Å²) < 4.78 is 0. The van der Waals surface area contributed by atoms with E-state index in [0.29, 0.717) is 0 Å². The molecule has 0 aliphatic rings. The molecule has 16 heavy (non-hydrogen) atoms. The molecule has 0 unspecified atom stereocenters. The number of pyridine rings is 1. The van der Waals surface area contributed by atoms with Crippen molar-refractivity contribution in [2.75, 3.05) is 6.54 Å². The number of halogens is 1. The third-order valence-electron chi connectivity index (χ3n) is 2.68. The number of nitrogens with zero attached hydrogens (tertiary/aromatic N) is 1. The Labute approximate surface area is 100 Å². The van der Waals surface area contributed by atoms with Gasteiger partial charge in [0, 0.05) is 22.3 Å². The molecular formula is C13H15ClN2. The van der Waals surface area contributed by atoms with Crippen LogP contribution in [0.25, 0.3) is 10.8 Å². The number of hydrogen-bond donors (Lipinski definition) is 1. The van der Waals surface area contributed by atoms with Gasteiger partial charge in [-0.25, -0.2) is 0 Å². The molecule has 0 spiro atoms. The van der Waals surface area contributed by atoms with Crippen LogP contribution in [0.4, 0.5) is 0 Å². The van der Waals surface area contributed by atoms with Crippen LogP contribution in [0.15, 0.2) is 30.5 Å². The van der Waals surface area contributed by atoms with Crippen molar-refractivity contribution in [2.45, 2.75) is 19.3 Å². The first-order chi connectivity index (χ1) is 7.81. The van der Waals surface area contributed by atoms with Gasteiger partial charge in [-0.1, -0.05) is 17.7 Å². The molecule has 0 atom stereocenters. The van der Waals surface area contributed by atoms with Gasteiger partial charge >= 0.3 is 0 Å². The fraction of sp³-hybridized carbons (Fsp3) is 0.308. The Hall–Kier alpha value is -1.12. The van der Waals surface area contributed by atoms with E-state index in [0.717, 1.165) is 41.9 Å². The average Bonchev–Trinajstić information content (AvgIpc) is 2.30. The van der Waals surface area contributed by atoms with Crippen LogP contribution >= 0.6 is 11.6 Å². The van der Waals surface area contributed by atoms with E-state index in [1.807, 2.05) is 30.5 Å². The molecule has 2 rings (SSSR count). The molecule has 1 aromatic carbocycles. The zero-order valence-corrected chi connectivity index (χ0v) is 9.87. The molecule has 2 nitrogen and oxygen atoms in total. The Morgan fingerprint density at radius 3 is 2.88 bits per heavy atom. The molecule has 2 aromatic rings. The Balaban J connectivity index is 2.32. The maximum atomic E-state index is 6.00. The number of nitrogens with two attached hydrogens (primary N) is 1. The van der Waals surface area contributed by atoms with Crippen molar-refractivity contribution in [2.24, 2.45) is 5.73 Å². The van der Waals surface area contributed by atoms with E-state index in [4.69, 9.17) is 17.3 Å². The summed E-state index contributed by atoms with van der Waals surface area (Å²) in [5.41, 5.74) is 6.61. The lowest BCUT2D eigenvalue weighted by Gasteiger charge is -2.05. The standard InChI is InChI=1S/C13H15ClN2/c14-11-5-4-10-6-8-16-13(12(10)9-11)3-1-2-7-15/h4-6,8-9H,1-3,7,15H2. The zero-order valence-electron chi connectivity index (χ0n) is 9.12. The Kier molecular flexibility index (Phi) is 3.75. The number of hydrogen-bond acceptors (Lipinski definition) is 2. The predicted molar refractivity (Wildman–Crippen MR) is 68.7 cm³/mol. The Morgan fingerprint density at radius 1 is 1.19 bits per heavy atom. The summed E-state index contributed by atoms with van der Waals surface area (Å²) in [7, 11) is 0. The first kappa shape index (κ1) is 11.4. The average molecular weight is 235 g/mol. The lowest BCUT2D eigenvalue weighted by atomic mass is 10.1. The van der Waals surface area contributed by atoms with Gasteiger partial charge in [0.2, 0.25) is 0 Å². The number of rotatable bonds is 4. The summed E-state index contributed by atoms with van der Waals surface area (Å²) in [6.45, 7) is 0.742. The van der Waals surface area contributed by atoms with Gasteiger partial charge in [0.1, 0.15) is 0 Å². The molecule has 0 aliphatic heterocycles. The van der Waals surface area contributed by atoms with E-state index in [-0.39, 0.29) is 0 Å². The third kappa shape index (κ3) is 2.52. The van der Waals surface area contributed by atoms with Gasteiger partial charge < -0.3 is 5.73 Å². The molecule has 3 heteroatoms. The van der Waals surface area contributed by atoms with E-state index >= 15 is 0 Å². The monoisotopic (exact) mass is 234 g/mol. The van der Waals surface area contributed by atoms with Gasteiger partial charge in [0.25, 0.3) is 0 Å². The molecule has 0 amide bonds. The molecule has 0 saturated carbocycles. The smallest absolute Gasteiger partial charge is 0.0482 e. The lowest BCUT2D eigenvalue weighted by molar-refractivity contribution is 0.736. The minimum atomic E-state index is 0.742. The quantitative estimate of drug-likeness (QED) is 0.826. The summed E-state index contributed by atoms with van der Waals surface area (Å²) in [6.07, 6.45) is 4.94. The van der Waals surface area contributed by atoms with Crippen LogP contribution < -0.4 is 5.73 Å². The van der Waals surface area contributed by atoms with Gasteiger partial charge in [-0.15, -0.1) is 0 Å². The minimum absolute atomic E-state index is 0.742. The second-order valence-electron chi connectivity index (χ2n) is 3.87. The van der Waals surface area contributed by atoms with E-state index in [1.54, 1.807) is 0 Å². The summed E-state index contributed by atoms with van der Waals surface area (Å²) >= 11 is 6.00. The molecule has 1 aromatic heterocycles. The van der Waals surface area contributed by atoms with E-state index in [9.17, 15) is 0 Å². The van der Waals surface area contributed by atoms with Crippen LogP contribution in [-0.4, -0.2) is 11.5 Å². The van der Waals surface area contributed by atoms with Crippen LogP contribution in [0.3, 0.4) is 0 Å². The molecule has 84 valence electrons. The van der Waals surface area contributed by atoms with Crippen molar-refractivity contribution in [3.63, 3.8) is 0 Å². The highest BCUT2D eigenvalue weighted by atomic mass is 35.5. The molecule has 0 radical (unpaired) electrons. The summed E-state index contributed by atoms with van der Waals surface area (Å²) in [5.74, 6) is 0. The molecular weight excluding hydrogens is 220 g/mol. The summed E-state index contributed by atoms with van der Waals surface area (Å²) in [5, 5.41) is 3.12. The van der Waals surface area contributed by atoms with Gasteiger partial charge in [0.15, 0.2) is 0 Å². The highest BCUT2D eigenvalue weighted by Crippen LogP contribution is 2.22. The van der Waals surface area contributed by atoms with Gasteiger partial charge in [-0.3, -0.25) is 4.98 Å². The number of aryl methyl sites for hydroxylation is 1. The lowest BCUT2D eigenvalue weighted by Crippen LogP contribution is -2.00. The maximum Gasteiger partial charge on any atom is 0.0482 e. The van der Waals surface area contributed by atoms with E-state index in [2.05, 4.69) is 4.98 Å². The number of unbranched alkanes of at least 4 members (excludes halogenated alkanes) is 1. The number of fused-ring (bicyclic) bond motifs is 1. The molecule has 0 saturated heterocycles. The summed E-state index contributed by atoms with van der Waals surface area (Å²) in [4.78, 5) is 4.42. The highest BCUT2D eigenvalue weighted by Gasteiger charge is 2.02. The van der Waals surface area contributed by atoms with E-state index < -0.39 is 0 Å². The fourth-order valence-electron chi connectivity index (χ4n) is 1.84. The SMILES string of the molecule is NCCCCc1nccc2ccc(Cl)cc12. The van der Waals surface area contributed by atoms with Gasteiger partial charge in [-0.05, 0) is 49.4 Å². The van der Waals surface area contributed by atoms with Gasteiger partial charge in [0.05, 0.1) is 0 Å². The first-order valence-corrected chi connectivity index (χ1v) is 5.92. The molecule has 1 heterocycles. The van der Waals surface area contributed by atoms with Crippen LogP contribution in [0, 0.1) is 0 Å². The first-order valence-electron chi connectivity index (χ1n) is 5.54. The third-order valence-corrected chi connectivity index (χ3v) is 2.91. The molecule has 0 fully saturated rings.